The Morgan fingerprint density at radius 3 is 2.76 bits per heavy atom. The van der Waals surface area contributed by atoms with Gasteiger partial charge in [0.05, 0.1) is 11.5 Å². The number of alkyl halides is 1. The number of aromatic nitrogens is 2. The number of anilines is 2. The Morgan fingerprint density at radius 2 is 2.12 bits per heavy atom. The van der Waals surface area contributed by atoms with Crippen LogP contribution in [0, 0.1) is 0 Å². The van der Waals surface area contributed by atoms with Crippen LogP contribution < -0.4 is 16.3 Å². The first kappa shape index (κ1) is 25.3. The molecule has 14 heteroatoms. The van der Waals surface area contributed by atoms with Crippen LogP contribution in [-0.4, -0.2) is 49.5 Å². The number of nitrogens with one attached hydrogen (secondary N) is 2. The molecule has 1 aliphatic heterocycles. The molecule has 0 aliphatic carbocycles. The number of hydrogen-bond acceptors (Lipinski definition) is 8. The molecule has 1 unspecified atom stereocenters. The molecule has 0 spiro atoms. The summed E-state index contributed by atoms with van der Waals surface area (Å²) in [7, 11) is -4.79. The minimum absolute atomic E-state index is 0.0171. The second-order valence-electron chi connectivity index (χ2n) is 7.70. The van der Waals surface area contributed by atoms with Crippen molar-refractivity contribution in [2.75, 3.05) is 23.9 Å². The number of nitrogens with zero attached hydrogens (tertiary/aromatic N) is 2. The molecule has 3 rings (SSSR count). The van der Waals surface area contributed by atoms with Crippen molar-refractivity contribution >= 4 is 37.0 Å². The molecule has 0 saturated heterocycles. The van der Waals surface area contributed by atoms with Gasteiger partial charge in [0.15, 0.2) is 0 Å². The third kappa shape index (κ3) is 6.85. The Labute approximate surface area is 192 Å². The van der Waals surface area contributed by atoms with E-state index in [-0.39, 0.29) is 10.7 Å². The molecule has 4 N–H and O–H groups in total. The number of thioether (sulfide) groups is 1. The molecule has 1 aromatic carbocycles. The van der Waals surface area contributed by atoms with Gasteiger partial charge in [0, 0.05) is 22.3 Å². The molecule has 2 atom stereocenters. The molecule has 1 aromatic heterocycles. The number of carbonyl (C=O) groups is 1. The van der Waals surface area contributed by atoms with Gasteiger partial charge in [-0.3, -0.25) is 13.9 Å². The van der Waals surface area contributed by atoms with E-state index in [1.165, 1.54) is 19.2 Å². The first-order valence-corrected chi connectivity index (χ1v) is 12.1. The second kappa shape index (κ2) is 9.92. The zero-order chi connectivity index (χ0) is 24.4. The maximum Gasteiger partial charge on any atom is 0.469 e. The topological polar surface area (TPSA) is 152 Å². The molecule has 180 valence electrons. The van der Waals surface area contributed by atoms with Crippen molar-refractivity contribution in [3.8, 4) is 0 Å². The molecule has 33 heavy (non-hydrogen) atoms. The highest BCUT2D eigenvalue weighted by molar-refractivity contribution is 8.01. The number of ether oxygens (including phenoxy) is 1. The van der Waals surface area contributed by atoms with Crippen LogP contribution in [0.3, 0.4) is 0 Å². The summed E-state index contributed by atoms with van der Waals surface area (Å²) in [5, 5.41) is 5.88. The molecule has 0 radical (unpaired) electrons. The van der Waals surface area contributed by atoms with Crippen LogP contribution in [0.15, 0.2) is 40.2 Å². The van der Waals surface area contributed by atoms with Crippen molar-refractivity contribution in [1.82, 2.24) is 9.55 Å². The van der Waals surface area contributed by atoms with Crippen LogP contribution >= 0.6 is 19.6 Å². The van der Waals surface area contributed by atoms with Gasteiger partial charge in [-0.15, -0.1) is 0 Å². The van der Waals surface area contributed by atoms with Crippen molar-refractivity contribution in [2.45, 2.75) is 42.9 Å². The van der Waals surface area contributed by atoms with E-state index in [0.717, 1.165) is 15.1 Å². The number of benzene rings is 1. The van der Waals surface area contributed by atoms with Crippen molar-refractivity contribution in [1.29, 1.82) is 0 Å². The number of halogens is 1. The molecule has 1 aliphatic rings. The van der Waals surface area contributed by atoms with Crippen molar-refractivity contribution in [3.63, 3.8) is 0 Å². The average molecular weight is 502 g/mol. The van der Waals surface area contributed by atoms with Gasteiger partial charge in [-0.05, 0) is 45.0 Å². The van der Waals surface area contributed by atoms with E-state index in [1.54, 1.807) is 23.9 Å². The summed E-state index contributed by atoms with van der Waals surface area (Å²) in [5.41, 5.74) is 0.456. The molecule has 2 aromatic rings. The number of carbonyl (C=O) groups excluding carboxylic acids is 1. The fraction of sp³-hybridized carbons (Fsp3) is 0.421. The van der Waals surface area contributed by atoms with Crippen LogP contribution in [0.4, 0.5) is 15.9 Å². The number of hydrogen-bond donors (Lipinski definition) is 4. The quantitative estimate of drug-likeness (QED) is 0.377. The van der Waals surface area contributed by atoms with E-state index >= 15 is 0 Å². The number of phosphoric ester groups is 1. The predicted molar refractivity (Wildman–Crippen MR) is 120 cm³/mol. The van der Waals surface area contributed by atoms with Crippen LogP contribution in [0.1, 0.15) is 37.4 Å². The fourth-order valence-electron chi connectivity index (χ4n) is 3.07. The smallest absolute Gasteiger partial charge is 0.370 e. The van der Waals surface area contributed by atoms with Crippen molar-refractivity contribution in [3.05, 3.63) is 46.5 Å². The largest absolute Gasteiger partial charge is 0.469 e. The lowest BCUT2D eigenvalue weighted by molar-refractivity contribution is -0.0743. The van der Waals surface area contributed by atoms with Gasteiger partial charge in [0.2, 0.25) is 0 Å². The molecule has 0 fully saturated rings. The number of phosphoric acid groups is 1. The summed E-state index contributed by atoms with van der Waals surface area (Å²) in [5.74, 6) is -0.432. The van der Waals surface area contributed by atoms with Gasteiger partial charge in [0.1, 0.15) is 24.8 Å². The lowest BCUT2D eigenvalue weighted by Gasteiger charge is -2.21. The van der Waals surface area contributed by atoms with Crippen molar-refractivity contribution < 1.29 is 32.8 Å². The summed E-state index contributed by atoms with van der Waals surface area (Å²) in [6.45, 7) is 3.69. The highest BCUT2D eigenvalue weighted by atomic mass is 32.2. The van der Waals surface area contributed by atoms with E-state index in [1.807, 2.05) is 19.9 Å². The van der Waals surface area contributed by atoms with Gasteiger partial charge >= 0.3 is 13.5 Å². The lowest BCUT2D eigenvalue weighted by Crippen LogP contribution is -2.32. The van der Waals surface area contributed by atoms with Gasteiger partial charge in [-0.1, -0.05) is 11.8 Å². The van der Waals surface area contributed by atoms with Crippen molar-refractivity contribution in [2.24, 2.45) is 0 Å². The van der Waals surface area contributed by atoms with E-state index in [0.29, 0.717) is 5.56 Å². The first-order valence-electron chi connectivity index (χ1n) is 9.80. The average Bonchev–Trinajstić information content (AvgIpc) is 3.03. The Hall–Kier alpha value is -2.28. The molecule has 11 nitrogen and oxygen atoms in total. The minimum Gasteiger partial charge on any atom is -0.370 e. The predicted octanol–water partition coefficient (Wildman–Crippen LogP) is 2.73. The van der Waals surface area contributed by atoms with Crippen LogP contribution in [0.5, 0.6) is 0 Å². The van der Waals surface area contributed by atoms with Gasteiger partial charge in [-0.25, -0.2) is 13.8 Å². The summed E-state index contributed by atoms with van der Waals surface area (Å²) in [6.07, 6.45) is -1.02. The summed E-state index contributed by atoms with van der Waals surface area (Å²) >= 11 is 1.65. The molecule has 1 amide bonds. The lowest BCUT2D eigenvalue weighted by atomic mass is 10.2. The second-order valence-corrected chi connectivity index (χ2v) is 10.6. The molecule has 0 bridgehead atoms. The molecule has 2 heterocycles. The van der Waals surface area contributed by atoms with Gasteiger partial charge in [0.25, 0.3) is 5.91 Å². The van der Waals surface area contributed by atoms with Gasteiger partial charge in [-0.2, -0.15) is 4.98 Å². The molecular formula is C19H24FN4O7PS. The Kier molecular flexibility index (Phi) is 7.62. The minimum atomic E-state index is -4.79. The normalized spacial score (nSPS) is 16.5. The van der Waals surface area contributed by atoms with E-state index in [4.69, 9.17) is 14.5 Å². The standard InChI is InChI=1S/C19H24FN4O7PS/c1-11(31-13(9-20)10-30-32(27,28)29)24-7-6-16(22-18(24)26)21-17(25)12-4-5-15-14(8-12)23-19(2,3)33-15/h4-8,11,13,23H,9-10H2,1-3H3,(H2,27,28,29)(H,21,22,25,26)/t11?,13-/m0/s1. The Balaban J connectivity index is 1.65. The Bertz CT molecular complexity index is 1140. The third-order valence-electron chi connectivity index (χ3n) is 4.50. The zero-order valence-corrected chi connectivity index (χ0v) is 19.7. The highest BCUT2D eigenvalue weighted by Gasteiger charge is 2.29. The SMILES string of the molecule is CC(O[C@@H](CF)COP(=O)(O)O)n1ccc(NC(=O)c2ccc3c(c2)NC(C)(C)S3)nc1=O. The maximum absolute atomic E-state index is 13.1. The van der Waals surface area contributed by atoms with Crippen LogP contribution in [0.25, 0.3) is 0 Å². The van der Waals surface area contributed by atoms with E-state index < -0.39 is 45.0 Å². The zero-order valence-electron chi connectivity index (χ0n) is 18.0. The fourth-order valence-corrected chi connectivity index (χ4v) is 4.50. The van der Waals surface area contributed by atoms with Crippen LogP contribution in [0.2, 0.25) is 0 Å². The number of fused-ring (bicyclic) bond motifs is 1. The number of amides is 1. The molecule has 0 saturated carbocycles. The highest BCUT2D eigenvalue weighted by Crippen LogP contribution is 2.45. The first-order chi connectivity index (χ1) is 15.4. The molecular weight excluding hydrogens is 478 g/mol. The summed E-state index contributed by atoms with van der Waals surface area (Å²) in [6, 6.07) is 6.62. The summed E-state index contributed by atoms with van der Waals surface area (Å²) < 4.78 is 34.4. The number of rotatable bonds is 9. The summed E-state index contributed by atoms with van der Waals surface area (Å²) in [4.78, 5) is 47.1. The maximum atomic E-state index is 13.1. The van der Waals surface area contributed by atoms with Crippen LogP contribution in [-0.2, 0) is 13.8 Å². The van der Waals surface area contributed by atoms with Gasteiger partial charge < -0.3 is 25.2 Å². The van der Waals surface area contributed by atoms with E-state index in [2.05, 4.69) is 20.1 Å². The third-order valence-corrected chi connectivity index (χ3v) is 6.17. The Morgan fingerprint density at radius 1 is 1.39 bits per heavy atom. The van der Waals surface area contributed by atoms with E-state index in [9.17, 15) is 18.5 Å². The monoisotopic (exact) mass is 502 g/mol.